The van der Waals surface area contributed by atoms with Crippen LogP contribution in [-0.4, -0.2) is 35.5 Å². The molecule has 2 aromatic carbocycles. The molecule has 2 aliphatic heterocycles. The van der Waals surface area contributed by atoms with Crippen molar-refractivity contribution in [2.75, 3.05) is 19.8 Å². The fourth-order valence-electron chi connectivity index (χ4n) is 4.41. The van der Waals surface area contributed by atoms with Crippen LogP contribution in [0.4, 0.5) is 0 Å². The largest absolute Gasteiger partial charge is 0.448 e. The van der Waals surface area contributed by atoms with Gasteiger partial charge in [-0.1, -0.05) is 54.6 Å². The van der Waals surface area contributed by atoms with E-state index in [1.807, 2.05) is 17.0 Å². The predicted octanol–water partition coefficient (Wildman–Crippen LogP) is 4.36. The van der Waals surface area contributed by atoms with E-state index in [1.165, 1.54) is 23.0 Å². The minimum Gasteiger partial charge on any atom is -0.448 e. The Morgan fingerprint density at radius 3 is 2.59 bits per heavy atom. The Bertz CT molecular complexity index is 992. The van der Waals surface area contributed by atoms with Gasteiger partial charge in [-0.15, -0.1) is 0 Å². The molecule has 0 N–H and O–H groups in total. The summed E-state index contributed by atoms with van der Waals surface area (Å²) in [6, 6.07) is 18.8. The maximum Gasteiger partial charge on any atom is 0.276 e. The minimum absolute atomic E-state index is 0.0671. The number of carbonyl (C=O) groups is 1. The molecule has 0 aliphatic carbocycles. The van der Waals surface area contributed by atoms with Crippen molar-refractivity contribution in [2.24, 2.45) is 0 Å². The fourth-order valence-corrected chi connectivity index (χ4v) is 4.41. The maximum absolute atomic E-state index is 13.3. The molecular weight excluding hydrogens is 364 g/mol. The first-order valence-electron chi connectivity index (χ1n) is 10.2. The molecule has 148 valence electrons. The van der Waals surface area contributed by atoms with Gasteiger partial charge in [-0.05, 0) is 29.5 Å². The summed E-state index contributed by atoms with van der Waals surface area (Å²) in [5.41, 5.74) is 4.11. The van der Waals surface area contributed by atoms with Crippen molar-refractivity contribution in [1.29, 1.82) is 0 Å². The van der Waals surface area contributed by atoms with Gasteiger partial charge >= 0.3 is 0 Å². The van der Waals surface area contributed by atoms with E-state index in [4.69, 9.17) is 9.15 Å². The Morgan fingerprint density at radius 1 is 1.00 bits per heavy atom. The molecule has 29 heavy (non-hydrogen) atoms. The second-order valence-corrected chi connectivity index (χ2v) is 7.81. The Kier molecular flexibility index (Phi) is 4.90. The average Bonchev–Trinajstić information content (AvgIpc) is 3.29. The van der Waals surface area contributed by atoms with Gasteiger partial charge in [0.1, 0.15) is 6.26 Å². The average molecular weight is 388 g/mol. The summed E-state index contributed by atoms with van der Waals surface area (Å²) >= 11 is 0. The van der Waals surface area contributed by atoms with Gasteiger partial charge in [-0.2, -0.15) is 0 Å². The lowest BCUT2D eigenvalue weighted by Gasteiger charge is -2.34. The molecule has 1 saturated heterocycles. The topological polar surface area (TPSA) is 55.6 Å². The zero-order chi connectivity index (χ0) is 19.6. The van der Waals surface area contributed by atoms with Crippen LogP contribution < -0.4 is 0 Å². The third-order valence-electron chi connectivity index (χ3n) is 6.00. The second kappa shape index (κ2) is 7.84. The van der Waals surface area contributed by atoms with Crippen molar-refractivity contribution in [3.63, 3.8) is 0 Å². The number of hydrogen-bond donors (Lipinski definition) is 0. The van der Waals surface area contributed by atoms with Gasteiger partial charge in [-0.25, -0.2) is 4.98 Å². The van der Waals surface area contributed by atoms with E-state index >= 15 is 0 Å². The molecule has 5 rings (SSSR count). The smallest absolute Gasteiger partial charge is 0.276 e. The highest BCUT2D eigenvalue weighted by molar-refractivity contribution is 5.92. The zero-order valence-electron chi connectivity index (χ0n) is 16.3. The minimum atomic E-state index is -0.0671. The number of carbonyl (C=O) groups excluding carboxylic acids is 1. The van der Waals surface area contributed by atoms with Gasteiger partial charge in [0.2, 0.25) is 0 Å². The lowest BCUT2D eigenvalue weighted by atomic mass is 9.84. The van der Waals surface area contributed by atoms with Crippen molar-refractivity contribution < 1.29 is 13.9 Å². The summed E-state index contributed by atoms with van der Waals surface area (Å²) < 4.78 is 11.1. The number of hydrogen-bond acceptors (Lipinski definition) is 4. The van der Waals surface area contributed by atoms with Crippen molar-refractivity contribution in [3.8, 4) is 0 Å². The summed E-state index contributed by atoms with van der Waals surface area (Å²) in [5.74, 6) is 0.993. The van der Waals surface area contributed by atoms with E-state index in [0.29, 0.717) is 24.7 Å². The lowest BCUT2D eigenvalue weighted by molar-refractivity contribution is 0.0718. The Balaban J connectivity index is 1.41. The third kappa shape index (κ3) is 3.58. The SMILES string of the molecule is O=C(c1coc(C2CCOCC2)n1)N1Cc2ccccc2C(c2ccccc2)C1. The molecule has 0 radical (unpaired) electrons. The number of benzene rings is 2. The molecule has 0 bridgehead atoms. The van der Waals surface area contributed by atoms with E-state index in [0.717, 1.165) is 26.1 Å². The first kappa shape index (κ1) is 18.1. The van der Waals surface area contributed by atoms with E-state index in [1.54, 1.807) is 0 Å². The second-order valence-electron chi connectivity index (χ2n) is 7.81. The highest BCUT2D eigenvalue weighted by Gasteiger charge is 2.31. The van der Waals surface area contributed by atoms with E-state index in [2.05, 4.69) is 47.4 Å². The van der Waals surface area contributed by atoms with E-state index in [-0.39, 0.29) is 17.7 Å². The van der Waals surface area contributed by atoms with Crippen LogP contribution in [0.5, 0.6) is 0 Å². The first-order chi connectivity index (χ1) is 14.3. The van der Waals surface area contributed by atoms with E-state index < -0.39 is 0 Å². The number of rotatable bonds is 3. The molecule has 1 unspecified atom stereocenters. The summed E-state index contributed by atoms with van der Waals surface area (Å²) in [6.45, 7) is 2.67. The van der Waals surface area contributed by atoms with Crippen LogP contribution in [0.2, 0.25) is 0 Å². The molecule has 3 heterocycles. The Morgan fingerprint density at radius 2 is 1.76 bits per heavy atom. The van der Waals surface area contributed by atoms with Crippen molar-refractivity contribution in [3.05, 3.63) is 89.1 Å². The maximum atomic E-state index is 13.3. The standard InChI is InChI=1S/C24H24N2O3/c27-24(22-16-29-23(25-22)18-10-12-28-13-11-18)26-14-19-8-4-5-9-20(19)21(15-26)17-6-2-1-3-7-17/h1-9,16,18,21H,10-15H2. The summed E-state index contributed by atoms with van der Waals surface area (Å²) in [7, 11) is 0. The van der Waals surface area contributed by atoms with Crippen LogP contribution in [0.25, 0.3) is 0 Å². The fraction of sp³-hybridized carbons (Fsp3) is 0.333. The zero-order valence-corrected chi connectivity index (χ0v) is 16.3. The van der Waals surface area contributed by atoms with Gasteiger partial charge in [0.25, 0.3) is 5.91 Å². The van der Waals surface area contributed by atoms with Crippen molar-refractivity contribution >= 4 is 5.91 Å². The van der Waals surface area contributed by atoms with Crippen LogP contribution in [0.15, 0.2) is 65.3 Å². The number of ether oxygens (including phenoxy) is 1. The molecule has 0 saturated carbocycles. The number of fused-ring (bicyclic) bond motifs is 1. The van der Waals surface area contributed by atoms with Gasteiger partial charge in [0.05, 0.1) is 0 Å². The third-order valence-corrected chi connectivity index (χ3v) is 6.00. The van der Waals surface area contributed by atoms with Crippen molar-refractivity contribution in [1.82, 2.24) is 9.88 Å². The molecule has 1 fully saturated rings. The number of aromatic nitrogens is 1. The van der Waals surface area contributed by atoms with Gasteiger partial charge < -0.3 is 14.1 Å². The summed E-state index contributed by atoms with van der Waals surface area (Å²) in [4.78, 5) is 19.7. The molecule has 1 amide bonds. The van der Waals surface area contributed by atoms with Crippen LogP contribution in [0.1, 0.15) is 57.7 Å². The quantitative estimate of drug-likeness (QED) is 0.669. The Hall–Kier alpha value is -2.92. The monoisotopic (exact) mass is 388 g/mol. The predicted molar refractivity (Wildman–Crippen MR) is 109 cm³/mol. The highest BCUT2D eigenvalue weighted by atomic mass is 16.5. The van der Waals surface area contributed by atoms with E-state index in [9.17, 15) is 4.79 Å². The summed E-state index contributed by atoms with van der Waals surface area (Å²) in [6.07, 6.45) is 3.30. The molecular formula is C24H24N2O3. The molecule has 1 aromatic heterocycles. The molecule has 3 aromatic rings. The molecule has 0 spiro atoms. The van der Waals surface area contributed by atoms with Crippen LogP contribution >= 0.6 is 0 Å². The molecule has 1 atom stereocenters. The van der Waals surface area contributed by atoms with Gasteiger partial charge in [0, 0.05) is 38.1 Å². The molecule has 5 heteroatoms. The van der Waals surface area contributed by atoms with Crippen molar-refractivity contribution in [2.45, 2.75) is 31.2 Å². The number of amides is 1. The van der Waals surface area contributed by atoms with Gasteiger partial charge in [0.15, 0.2) is 11.6 Å². The Labute approximate surface area is 170 Å². The summed E-state index contributed by atoms with van der Waals surface area (Å²) in [5, 5.41) is 0. The van der Waals surface area contributed by atoms with Gasteiger partial charge in [-0.3, -0.25) is 4.79 Å². The first-order valence-corrected chi connectivity index (χ1v) is 10.2. The van der Waals surface area contributed by atoms with Crippen LogP contribution in [0.3, 0.4) is 0 Å². The lowest BCUT2D eigenvalue weighted by Crippen LogP contribution is -2.38. The number of nitrogens with zero attached hydrogens (tertiary/aromatic N) is 2. The number of oxazole rings is 1. The highest BCUT2D eigenvalue weighted by Crippen LogP contribution is 2.34. The molecule has 5 nitrogen and oxygen atoms in total. The molecule has 2 aliphatic rings. The van der Waals surface area contributed by atoms with Crippen LogP contribution in [0, 0.1) is 0 Å². The normalized spacial score (nSPS) is 19.7. The van der Waals surface area contributed by atoms with Crippen LogP contribution in [-0.2, 0) is 11.3 Å².